The largest absolute Gasteiger partial charge is 0.268 e. The Morgan fingerprint density at radius 1 is 1.12 bits per heavy atom. The van der Waals surface area contributed by atoms with Gasteiger partial charge in [0.1, 0.15) is 4.83 Å². The number of unbranched alkanes of at least 4 members (excludes halogenated alkanes) is 4. The smallest absolute Gasteiger partial charge is 0.267 e. The molecular weight excluding hydrogens is 432 g/mol. The molecule has 0 bridgehead atoms. The fraction of sp³-hybridized carbons (Fsp3) is 0.556. The van der Waals surface area contributed by atoms with E-state index >= 15 is 0 Å². The van der Waals surface area contributed by atoms with E-state index < -0.39 is 0 Å². The van der Waals surface area contributed by atoms with Gasteiger partial charge in [-0.2, -0.15) is 0 Å². The van der Waals surface area contributed by atoms with Crippen LogP contribution < -0.4 is 5.56 Å². The van der Waals surface area contributed by atoms with Gasteiger partial charge >= 0.3 is 0 Å². The Balaban J connectivity index is 1.71. The molecule has 4 rings (SSSR count). The highest BCUT2D eigenvalue weighted by molar-refractivity contribution is 7.99. The predicted molar refractivity (Wildman–Crippen MR) is 140 cm³/mol. The van der Waals surface area contributed by atoms with E-state index in [0.29, 0.717) is 11.3 Å². The van der Waals surface area contributed by atoms with Gasteiger partial charge in [-0.3, -0.25) is 9.36 Å². The topological polar surface area (TPSA) is 34.9 Å². The second-order valence-corrected chi connectivity index (χ2v) is 12.3. The molecule has 1 aliphatic rings. The molecule has 0 unspecified atom stereocenters. The van der Waals surface area contributed by atoms with Crippen molar-refractivity contribution in [2.24, 2.45) is 11.3 Å². The highest BCUT2D eigenvalue weighted by Gasteiger charge is 2.32. The van der Waals surface area contributed by atoms with Crippen LogP contribution in [-0.4, -0.2) is 15.3 Å². The molecule has 3 nitrogen and oxygen atoms in total. The van der Waals surface area contributed by atoms with E-state index in [-0.39, 0.29) is 5.56 Å². The summed E-state index contributed by atoms with van der Waals surface area (Å²) in [5, 5.41) is 1.71. The van der Waals surface area contributed by atoms with Gasteiger partial charge in [0.05, 0.1) is 11.1 Å². The van der Waals surface area contributed by atoms with Gasteiger partial charge in [-0.1, -0.05) is 83.3 Å². The quantitative estimate of drug-likeness (QED) is 0.193. The molecule has 172 valence electrons. The van der Waals surface area contributed by atoms with E-state index in [0.717, 1.165) is 46.1 Å². The van der Waals surface area contributed by atoms with Crippen LogP contribution in [0.25, 0.3) is 15.9 Å². The van der Waals surface area contributed by atoms with Gasteiger partial charge in [-0.05, 0) is 54.7 Å². The maximum atomic E-state index is 13.9. The first-order chi connectivity index (χ1) is 15.4. The lowest BCUT2D eigenvalue weighted by molar-refractivity contribution is 0.218. The predicted octanol–water partition coefficient (Wildman–Crippen LogP) is 7.66. The van der Waals surface area contributed by atoms with E-state index in [1.807, 2.05) is 34.9 Å². The first-order valence-electron chi connectivity index (χ1n) is 12.2. The zero-order valence-corrected chi connectivity index (χ0v) is 21.6. The Hall–Kier alpha value is -1.59. The number of aryl methyl sites for hydroxylation is 1. The summed E-state index contributed by atoms with van der Waals surface area (Å²) in [6, 6.07) is 10.0. The number of hydrogen-bond acceptors (Lipinski definition) is 4. The number of benzene rings is 1. The lowest BCUT2D eigenvalue weighted by Gasteiger charge is -2.33. The third-order valence-electron chi connectivity index (χ3n) is 6.77. The molecule has 3 aromatic rings. The first-order valence-corrected chi connectivity index (χ1v) is 14.0. The van der Waals surface area contributed by atoms with Crippen LogP contribution in [0.3, 0.4) is 0 Å². The molecule has 2 aromatic heterocycles. The lowest BCUT2D eigenvalue weighted by Crippen LogP contribution is -2.27. The summed E-state index contributed by atoms with van der Waals surface area (Å²) in [4.78, 5) is 21.3. The summed E-state index contributed by atoms with van der Waals surface area (Å²) in [5.74, 6) is 1.67. The zero-order chi connectivity index (χ0) is 22.7. The summed E-state index contributed by atoms with van der Waals surface area (Å²) in [7, 11) is 0. The van der Waals surface area contributed by atoms with Crippen molar-refractivity contribution in [1.82, 2.24) is 9.55 Å². The van der Waals surface area contributed by atoms with Crippen molar-refractivity contribution >= 4 is 33.3 Å². The van der Waals surface area contributed by atoms with Gasteiger partial charge in [-0.25, -0.2) is 4.98 Å². The summed E-state index contributed by atoms with van der Waals surface area (Å²) in [6.45, 7) is 9.26. The molecule has 0 aliphatic heterocycles. The maximum absolute atomic E-state index is 13.9. The zero-order valence-electron chi connectivity index (χ0n) is 19.9. The maximum Gasteiger partial charge on any atom is 0.267 e. The average molecular weight is 469 g/mol. The number of rotatable bonds is 8. The molecular formula is C27H36N2OS2. The standard InChI is InChI=1S/C27H36N2OS2/c1-5-6-7-8-12-17-31-26-28-24-23(25(30)29(26)20-13-10-9-11-14-20)21-16-15-19(27(2,3)4)18-22(21)32-24/h9-11,13-14,19H,5-8,12,15-18H2,1-4H3/t19-/m1/s1. The van der Waals surface area contributed by atoms with E-state index in [2.05, 4.69) is 27.7 Å². The van der Waals surface area contributed by atoms with Gasteiger partial charge in [0.15, 0.2) is 5.16 Å². The Morgan fingerprint density at radius 3 is 2.59 bits per heavy atom. The van der Waals surface area contributed by atoms with Crippen molar-refractivity contribution in [3.63, 3.8) is 0 Å². The SMILES string of the molecule is CCCCCCCSc1nc2sc3c(c2c(=O)n1-c1ccccc1)CC[C@@H](C(C)(C)C)C3. The number of hydrogen-bond donors (Lipinski definition) is 0. The minimum absolute atomic E-state index is 0.112. The van der Waals surface area contributed by atoms with Gasteiger partial charge in [0.2, 0.25) is 0 Å². The van der Waals surface area contributed by atoms with Crippen molar-refractivity contribution in [2.45, 2.75) is 84.2 Å². The van der Waals surface area contributed by atoms with Gasteiger partial charge in [-0.15, -0.1) is 11.3 Å². The minimum Gasteiger partial charge on any atom is -0.268 e. The Labute approximate surface area is 200 Å². The normalized spacial score (nSPS) is 16.4. The number of thiophene rings is 1. The monoisotopic (exact) mass is 468 g/mol. The van der Waals surface area contributed by atoms with Crippen molar-refractivity contribution < 1.29 is 0 Å². The third kappa shape index (κ3) is 4.99. The highest BCUT2D eigenvalue weighted by atomic mass is 32.2. The van der Waals surface area contributed by atoms with E-state index in [9.17, 15) is 4.79 Å². The second-order valence-electron chi connectivity index (χ2n) is 10.1. The minimum atomic E-state index is 0.112. The molecule has 0 radical (unpaired) electrons. The van der Waals surface area contributed by atoms with Crippen molar-refractivity contribution in [2.75, 3.05) is 5.75 Å². The van der Waals surface area contributed by atoms with Crippen LogP contribution in [-0.2, 0) is 12.8 Å². The number of thioether (sulfide) groups is 1. The fourth-order valence-corrected chi connectivity index (χ4v) is 7.07. The van der Waals surface area contributed by atoms with Crippen LogP contribution in [0.4, 0.5) is 0 Å². The van der Waals surface area contributed by atoms with Crippen LogP contribution in [0.5, 0.6) is 0 Å². The molecule has 0 saturated carbocycles. The molecule has 0 fully saturated rings. The average Bonchev–Trinajstić information content (AvgIpc) is 3.14. The van der Waals surface area contributed by atoms with Crippen molar-refractivity contribution in [1.29, 1.82) is 0 Å². The summed E-state index contributed by atoms with van der Waals surface area (Å²) >= 11 is 3.50. The Bertz CT molecular complexity index is 1110. The van der Waals surface area contributed by atoms with E-state index in [1.165, 1.54) is 42.5 Å². The molecule has 0 saturated heterocycles. The Kier molecular flexibility index (Phi) is 7.46. The molecule has 0 spiro atoms. The summed E-state index contributed by atoms with van der Waals surface area (Å²) < 4.78 is 1.86. The van der Waals surface area contributed by atoms with Crippen LogP contribution >= 0.6 is 23.1 Å². The first kappa shape index (κ1) is 23.6. The van der Waals surface area contributed by atoms with Gasteiger partial charge in [0.25, 0.3) is 5.56 Å². The van der Waals surface area contributed by atoms with Crippen LogP contribution in [0.2, 0.25) is 0 Å². The Morgan fingerprint density at radius 2 is 1.88 bits per heavy atom. The van der Waals surface area contributed by atoms with E-state index in [4.69, 9.17) is 4.98 Å². The molecule has 2 heterocycles. The van der Waals surface area contributed by atoms with E-state index in [1.54, 1.807) is 23.1 Å². The van der Waals surface area contributed by atoms with Gasteiger partial charge in [0, 0.05) is 10.6 Å². The summed E-state index contributed by atoms with van der Waals surface area (Å²) in [5.41, 5.74) is 2.60. The molecule has 0 N–H and O–H groups in total. The molecule has 1 aliphatic carbocycles. The molecule has 0 amide bonds. The number of fused-ring (bicyclic) bond motifs is 3. The number of aromatic nitrogens is 2. The van der Waals surface area contributed by atoms with Crippen molar-refractivity contribution in [3.8, 4) is 5.69 Å². The molecule has 1 atom stereocenters. The lowest BCUT2D eigenvalue weighted by atomic mass is 9.72. The highest BCUT2D eigenvalue weighted by Crippen LogP contribution is 2.42. The summed E-state index contributed by atoms with van der Waals surface area (Å²) in [6.07, 6.45) is 9.50. The molecule has 32 heavy (non-hydrogen) atoms. The number of para-hydroxylation sites is 1. The second kappa shape index (κ2) is 10.1. The fourth-order valence-electron chi connectivity index (χ4n) is 4.72. The van der Waals surface area contributed by atoms with Crippen LogP contribution in [0.1, 0.15) is 76.7 Å². The molecule has 5 heteroatoms. The van der Waals surface area contributed by atoms with Crippen LogP contribution in [0, 0.1) is 11.3 Å². The van der Waals surface area contributed by atoms with Crippen LogP contribution in [0.15, 0.2) is 40.3 Å². The third-order valence-corrected chi connectivity index (χ3v) is 8.94. The molecule has 1 aromatic carbocycles. The number of nitrogens with zero attached hydrogens (tertiary/aromatic N) is 2. The van der Waals surface area contributed by atoms with Gasteiger partial charge < -0.3 is 0 Å². The van der Waals surface area contributed by atoms with Crippen molar-refractivity contribution in [3.05, 3.63) is 51.1 Å².